The number of halogens is 1. The second-order valence-corrected chi connectivity index (χ2v) is 12.2. The van der Waals surface area contributed by atoms with Crippen LogP contribution in [0.1, 0.15) is 54.5 Å². The Balaban J connectivity index is 0.00000111. The molecule has 3 aliphatic heterocycles. The smallest absolute Gasteiger partial charge is 0.411 e. The number of amides is 2. The molecule has 1 fully saturated rings. The number of anilines is 3. The Hall–Kier alpha value is -5.43. The van der Waals surface area contributed by atoms with Gasteiger partial charge in [-0.05, 0) is 59.3 Å². The largest absolute Gasteiger partial charge is 0.484 e. The van der Waals surface area contributed by atoms with E-state index in [0.29, 0.717) is 31.0 Å². The van der Waals surface area contributed by atoms with Crippen LogP contribution in [0.2, 0.25) is 0 Å². The summed E-state index contributed by atoms with van der Waals surface area (Å²) in [5.41, 5.74) is 10.1. The number of fused-ring (bicyclic) bond motifs is 10. The van der Waals surface area contributed by atoms with Crippen LogP contribution in [-0.2, 0) is 25.6 Å². The zero-order valence-corrected chi connectivity index (χ0v) is 27.8. The highest BCUT2D eigenvalue weighted by atomic mass is 19.1. The fourth-order valence-corrected chi connectivity index (χ4v) is 5.92. The van der Waals surface area contributed by atoms with Gasteiger partial charge in [0.25, 0.3) is 5.97 Å². The number of carboxylic acids is 1. The number of carbonyl (C=O) groups excluding carboxylic acids is 2. The summed E-state index contributed by atoms with van der Waals surface area (Å²) in [6.45, 7) is 6.00. The first kappa shape index (κ1) is 34.9. The van der Waals surface area contributed by atoms with E-state index in [0.717, 1.165) is 40.1 Å². The van der Waals surface area contributed by atoms with Gasteiger partial charge in [0.2, 0.25) is 5.91 Å². The van der Waals surface area contributed by atoms with Gasteiger partial charge in [-0.25, -0.2) is 14.2 Å². The molecule has 49 heavy (non-hydrogen) atoms. The molecule has 0 radical (unpaired) electrons. The number of nitrogens with two attached hydrogens (primary N) is 1. The Morgan fingerprint density at radius 3 is 2.63 bits per heavy atom. The molecule has 258 valence electrons. The van der Waals surface area contributed by atoms with Crippen LogP contribution in [-0.4, -0.2) is 65.9 Å². The number of likely N-dealkylation sites (N-methyl/N-ethyl adjacent to an activating group) is 1. The van der Waals surface area contributed by atoms with Crippen molar-refractivity contribution in [2.45, 2.75) is 51.8 Å². The number of hydrogen-bond donors (Lipinski definition) is 4. The molecule has 2 amide bonds. The van der Waals surface area contributed by atoms with Crippen LogP contribution in [0.3, 0.4) is 0 Å². The molecule has 13 heteroatoms. The summed E-state index contributed by atoms with van der Waals surface area (Å²) in [4.78, 5) is 41.7. The van der Waals surface area contributed by atoms with Crippen molar-refractivity contribution in [3.8, 4) is 5.75 Å². The number of aromatic nitrogens is 1. The first-order valence-corrected chi connectivity index (χ1v) is 15.9. The highest BCUT2D eigenvalue weighted by Crippen LogP contribution is 2.33. The number of carboxylic acid groups (broad SMARTS) is 1. The molecule has 0 saturated carbocycles. The number of rotatable bonds is 4. The number of ether oxygens (including phenoxy) is 3. The van der Waals surface area contributed by atoms with Gasteiger partial charge in [-0.2, -0.15) is 0 Å². The monoisotopic (exact) mass is 673 g/mol. The molecule has 12 nitrogen and oxygen atoms in total. The number of aryl methyl sites for hydroxylation is 1. The van der Waals surface area contributed by atoms with E-state index in [1.54, 1.807) is 19.3 Å². The van der Waals surface area contributed by atoms with Gasteiger partial charge in [0.1, 0.15) is 18.0 Å². The predicted octanol–water partition coefficient (Wildman–Crippen LogP) is 6.00. The maximum atomic E-state index is 15.6. The average Bonchev–Trinajstić information content (AvgIpc) is 3.56. The lowest BCUT2D eigenvalue weighted by molar-refractivity contribution is -0.134. The van der Waals surface area contributed by atoms with Gasteiger partial charge in [-0.3, -0.25) is 14.9 Å². The number of nitrogen functional groups attached to an aromatic ring is 1. The highest BCUT2D eigenvalue weighted by molar-refractivity contribution is 5.94. The van der Waals surface area contributed by atoms with Gasteiger partial charge in [0.05, 0.1) is 19.8 Å². The van der Waals surface area contributed by atoms with Crippen molar-refractivity contribution in [3.63, 3.8) is 0 Å². The number of hydrogen-bond acceptors (Lipinski definition) is 9. The molecule has 0 spiro atoms. The van der Waals surface area contributed by atoms with E-state index in [1.165, 1.54) is 11.0 Å². The maximum Gasteiger partial charge on any atom is 0.411 e. The van der Waals surface area contributed by atoms with E-state index in [2.05, 4.69) is 15.6 Å². The van der Waals surface area contributed by atoms with Crippen LogP contribution >= 0.6 is 0 Å². The highest BCUT2D eigenvalue weighted by Gasteiger charge is 2.28. The molecule has 4 aromatic rings. The van der Waals surface area contributed by atoms with E-state index < -0.39 is 23.9 Å². The van der Waals surface area contributed by atoms with Crippen molar-refractivity contribution in [3.05, 3.63) is 88.9 Å². The van der Waals surface area contributed by atoms with E-state index >= 15 is 4.39 Å². The molecule has 7 rings (SSSR count). The van der Waals surface area contributed by atoms with Crippen LogP contribution in [0.4, 0.5) is 26.4 Å². The Kier molecular flexibility index (Phi) is 10.8. The summed E-state index contributed by atoms with van der Waals surface area (Å²) in [5, 5.41) is 15.2. The van der Waals surface area contributed by atoms with Crippen LogP contribution in [0.15, 0.2) is 60.8 Å². The minimum atomic E-state index is -0.833. The predicted molar refractivity (Wildman–Crippen MR) is 183 cm³/mol. The van der Waals surface area contributed by atoms with Crippen molar-refractivity contribution in [1.82, 2.24) is 9.88 Å². The lowest BCUT2D eigenvalue weighted by atomic mass is 9.93. The van der Waals surface area contributed by atoms with E-state index in [1.807, 2.05) is 56.3 Å². The number of aliphatic carboxylic acids is 1. The summed E-state index contributed by atoms with van der Waals surface area (Å²) < 4.78 is 32.5. The van der Waals surface area contributed by atoms with Crippen molar-refractivity contribution >= 4 is 45.9 Å². The second kappa shape index (κ2) is 15.2. The fraction of sp³-hybridized carbons (Fsp3) is 0.333. The molecular weight excluding hydrogens is 633 g/mol. The molecule has 1 aromatic heterocycles. The summed E-state index contributed by atoms with van der Waals surface area (Å²) in [5.74, 6) is -1.42. The summed E-state index contributed by atoms with van der Waals surface area (Å²) in [6.07, 6.45) is 1.24. The van der Waals surface area contributed by atoms with Crippen molar-refractivity contribution < 1.29 is 38.1 Å². The summed E-state index contributed by atoms with van der Waals surface area (Å²) in [6, 6.07) is 15.4. The number of nitrogens with one attached hydrogen (secondary N) is 2. The van der Waals surface area contributed by atoms with Crippen molar-refractivity contribution in [2.75, 3.05) is 43.2 Å². The van der Waals surface area contributed by atoms with Crippen molar-refractivity contribution in [2.24, 2.45) is 0 Å². The summed E-state index contributed by atoms with van der Waals surface area (Å²) >= 11 is 0. The van der Waals surface area contributed by atoms with E-state index in [9.17, 15) is 9.59 Å². The normalized spacial score (nSPS) is 19.4. The first-order valence-electron chi connectivity index (χ1n) is 15.9. The fourth-order valence-electron chi connectivity index (χ4n) is 5.92. The van der Waals surface area contributed by atoms with E-state index in [4.69, 9.17) is 29.8 Å². The lowest BCUT2D eigenvalue weighted by Gasteiger charge is -2.28. The topological polar surface area (TPSA) is 165 Å². The molecular formula is C36H40FN5O7. The van der Waals surface area contributed by atoms with Gasteiger partial charge < -0.3 is 35.3 Å². The molecule has 3 aromatic carbocycles. The lowest BCUT2D eigenvalue weighted by Crippen LogP contribution is -2.35. The third-order valence-electron chi connectivity index (χ3n) is 8.30. The minimum absolute atomic E-state index is 0.00936. The van der Waals surface area contributed by atoms with Gasteiger partial charge in [0, 0.05) is 67.4 Å². The van der Waals surface area contributed by atoms with Gasteiger partial charge in [-0.1, -0.05) is 25.1 Å². The van der Waals surface area contributed by atoms with Gasteiger partial charge in [-0.15, -0.1) is 0 Å². The first-order chi connectivity index (χ1) is 23.4. The zero-order valence-electron chi connectivity index (χ0n) is 27.8. The average molecular weight is 674 g/mol. The van der Waals surface area contributed by atoms with Crippen LogP contribution in [0.25, 0.3) is 10.8 Å². The van der Waals surface area contributed by atoms with Crippen molar-refractivity contribution in [1.29, 1.82) is 0 Å². The molecule has 5 N–H and O–H groups in total. The maximum absolute atomic E-state index is 15.6. The summed E-state index contributed by atoms with van der Waals surface area (Å²) in [7, 11) is 1.66. The molecule has 4 bridgehead atoms. The molecule has 4 heterocycles. The molecule has 3 atom stereocenters. The van der Waals surface area contributed by atoms with Gasteiger partial charge in [0.15, 0.2) is 11.6 Å². The molecule has 0 aliphatic carbocycles. The minimum Gasteiger partial charge on any atom is -0.484 e. The number of carbonyl (C=O) groups is 3. The number of nitrogens with zero attached hydrogens (tertiary/aromatic N) is 2. The third-order valence-corrected chi connectivity index (χ3v) is 8.30. The Labute approximate surface area is 283 Å². The molecule has 0 unspecified atom stereocenters. The second-order valence-electron chi connectivity index (χ2n) is 12.2. The SMILES string of the molecule is CC(=O)O.Cc1cc2ccc1[C@@H](C)COC(=O)Nc1cc(F)c(O[C@@H]3CCOC3)c(c1)CN(C)C(=O)[C@@H]2Nc1ccc2c(N)nccc2c1. The van der Waals surface area contributed by atoms with E-state index in [-0.39, 0.29) is 42.5 Å². The molecule has 1 saturated heterocycles. The quantitative estimate of drug-likeness (QED) is 0.202. The van der Waals surface area contributed by atoms with Crippen LogP contribution < -0.4 is 21.1 Å². The third kappa shape index (κ3) is 8.54. The Morgan fingerprint density at radius 2 is 1.92 bits per heavy atom. The zero-order chi connectivity index (χ0) is 35.2. The van der Waals surface area contributed by atoms with Gasteiger partial charge >= 0.3 is 6.09 Å². The number of benzene rings is 3. The molecule has 3 aliphatic rings. The Bertz CT molecular complexity index is 1860. The Morgan fingerprint density at radius 1 is 1.14 bits per heavy atom. The van der Waals surface area contributed by atoms with Crippen LogP contribution in [0.5, 0.6) is 5.75 Å². The van der Waals surface area contributed by atoms with Crippen LogP contribution in [0, 0.1) is 12.7 Å². The standard InChI is InChI=1S/C34H36FN5O5.C2H4O2/c1-19-12-22-4-6-27(19)20(2)17-44-34(42)39-25-14-23(31(29(35)15-25)45-26-9-11-43-18-26)16-40(3)33(41)30(22)38-24-5-7-28-21(13-24)8-10-37-32(28)36;1-2(3)4/h4-8,10,12-15,20,26,30,38H,9,11,16-18H2,1-3H3,(H2,36,37)(H,39,42);1H3,(H,3,4)/t20-,26+,30+;/m0./s1. The number of pyridine rings is 1.